The van der Waals surface area contributed by atoms with Gasteiger partial charge in [0.05, 0.1) is 11.6 Å². The molecule has 0 saturated heterocycles. The molecule has 0 fully saturated rings. The monoisotopic (exact) mass is 226 g/mol. The number of carbonyl (C=O) groups is 1. The topological polar surface area (TPSA) is 35.5 Å². The van der Waals surface area contributed by atoms with Gasteiger partial charge in [0.25, 0.3) is 0 Å². The molecule has 0 aliphatic carbocycles. The van der Waals surface area contributed by atoms with Crippen LogP contribution in [0.2, 0.25) is 5.02 Å². The summed E-state index contributed by atoms with van der Waals surface area (Å²) in [4.78, 5) is 11.4. The molecule has 0 N–H and O–H groups in total. The maximum absolute atomic E-state index is 11.4. The highest BCUT2D eigenvalue weighted by atomic mass is 35.5. The molecule has 4 heteroatoms. The number of esters is 1. The van der Waals surface area contributed by atoms with Crippen molar-refractivity contribution in [2.75, 3.05) is 6.61 Å². The molecule has 0 amide bonds. The number of carbonyl (C=O) groups excluding carboxylic acids is 1. The largest absolute Gasteiger partial charge is 0.477 e. The average molecular weight is 227 g/mol. The summed E-state index contributed by atoms with van der Waals surface area (Å²) >= 11 is 5.94. The molecule has 1 aromatic rings. The van der Waals surface area contributed by atoms with Gasteiger partial charge in [-0.3, -0.25) is 0 Å². The third-order valence-electron chi connectivity index (χ3n) is 2.26. The van der Waals surface area contributed by atoms with E-state index in [9.17, 15) is 4.79 Å². The van der Waals surface area contributed by atoms with Gasteiger partial charge in [0, 0.05) is 12.0 Å². The van der Waals surface area contributed by atoms with Crippen molar-refractivity contribution in [3.8, 4) is 5.75 Å². The Bertz CT molecular complexity index is 389. The third-order valence-corrected chi connectivity index (χ3v) is 2.56. The minimum atomic E-state index is -0.542. The van der Waals surface area contributed by atoms with Crippen molar-refractivity contribution in [3.63, 3.8) is 0 Å². The molecule has 15 heavy (non-hydrogen) atoms. The Morgan fingerprint density at radius 1 is 1.67 bits per heavy atom. The number of ether oxygens (including phenoxy) is 2. The third kappa shape index (κ3) is 1.92. The summed E-state index contributed by atoms with van der Waals surface area (Å²) in [5, 5.41) is 0.541. The minimum absolute atomic E-state index is 0.329. The normalized spacial score (nSPS) is 18.1. The van der Waals surface area contributed by atoms with E-state index in [1.54, 1.807) is 13.0 Å². The quantitative estimate of drug-likeness (QED) is 0.726. The Labute approximate surface area is 92.9 Å². The Hall–Kier alpha value is -1.22. The smallest absolute Gasteiger partial charge is 0.347 e. The van der Waals surface area contributed by atoms with Crippen molar-refractivity contribution in [2.45, 2.75) is 19.4 Å². The molecule has 1 aromatic carbocycles. The molecule has 1 heterocycles. The zero-order valence-electron chi connectivity index (χ0n) is 8.33. The molecule has 2 rings (SSSR count). The van der Waals surface area contributed by atoms with Crippen molar-refractivity contribution in [1.82, 2.24) is 0 Å². The van der Waals surface area contributed by atoms with Crippen molar-refractivity contribution in [3.05, 3.63) is 28.8 Å². The molecule has 80 valence electrons. The van der Waals surface area contributed by atoms with Crippen LogP contribution >= 0.6 is 11.6 Å². The number of hydrogen-bond donors (Lipinski definition) is 0. The molecule has 1 atom stereocenters. The summed E-state index contributed by atoms with van der Waals surface area (Å²) < 4.78 is 10.3. The average Bonchev–Trinajstić information content (AvgIpc) is 2.63. The molecule has 3 nitrogen and oxygen atoms in total. The minimum Gasteiger partial charge on any atom is -0.477 e. The van der Waals surface area contributed by atoms with E-state index >= 15 is 0 Å². The first kappa shape index (κ1) is 10.3. The second-order valence-corrected chi connectivity index (χ2v) is 3.70. The van der Waals surface area contributed by atoms with E-state index in [4.69, 9.17) is 21.1 Å². The van der Waals surface area contributed by atoms with Crippen LogP contribution in [-0.2, 0) is 16.0 Å². The first-order valence-corrected chi connectivity index (χ1v) is 5.21. The van der Waals surface area contributed by atoms with Crippen LogP contribution in [0.25, 0.3) is 0 Å². The van der Waals surface area contributed by atoms with E-state index in [0.29, 0.717) is 23.8 Å². The Kier molecular flexibility index (Phi) is 2.82. The molecular weight excluding hydrogens is 216 g/mol. The molecule has 0 saturated carbocycles. The van der Waals surface area contributed by atoms with E-state index in [0.717, 1.165) is 5.56 Å². The molecule has 1 aliphatic heterocycles. The van der Waals surface area contributed by atoms with Gasteiger partial charge in [-0.15, -0.1) is 0 Å². The van der Waals surface area contributed by atoms with Crippen LogP contribution < -0.4 is 4.74 Å². The van der Waals surface area contributed by atoms with Crippen LogP contribution in [0.4, 0.5) is 0 Å². The first-order chi connectivity index (χ1) is 7.22. The highest BCUT2D eigenvalue weighted by Crippen LogP contribution is 2.35. The highest BCUT2D eigenvalue weighted by molar-refractivity contribution is 6.32. The molecule has 0 unspecified atom stereocenters. The van der Waals surface area contributed by atoms with Crippen LogP contribution in [0.15, 0.2) is 18.2 Å². The van der Waals surface area contributed by atoms with Crippen LogP contribution in [0.1, 0.15) is 12.5 Å². The molecule has 0 radical (unpaired) electrons. The Morgan fingerprint density at radius 3 is 3.13 bits per heavy atom. The lowest BCUT2D eigenvalue weighted by Crippen LogP contribution is -2.27. The SMILES string of the molecule is CCOC(=O)[C@@H]1Cc2cccc(Cl)c2O1. The summed E-state index contributed by atoms with van der Waals surface area (Å²) in [7, 11) is 0. The van der Waals surface area contributed by atoms with E-state index in [1.165, 1.54) is 0 Å². The van der Waals surface area contributed by atoms with Crippen molar-refractivity contribution < 1.29 is 14.3 Å². The predicted octanol–water partition coefficient (Wildman–Crippen LogP) is 2.21. The van der Waals surface area contributed by atoms with E-state index in [-0.39, 0.29) is 5.97 Å². The second kappa shape index (κ2) is 4.11. The fraction of sp³-hybridized carbons (Fsp3) is 0.364. The lowest BCUT2D eigenvalue weighted by atomic mass is 10.1. The number of fused-ring (bicyclic) bond motifs is 1. The zero-order chi connectivity index (χ0) is 10.8. The summed E-state index contributed by atoms with van der Waals surface area (Å²) in [6.45, 7) is 2.13. The zero-order valence-corrected chi connectivity index (χ0v) is 9.08. The van der Waals surface area contributed by atoms with Gasteiger partial charge in [0.1, 0.15) is 5.75 Å². The van der Waals surface area contributed by atoms with Gasteiger partial charge >= 0.3 is 5.97 Å². The number of para-hydroxylation sites is 1. The molecular formula is C11H11ClO3. The van der Waals surface area contributed by atoms with Gasteiger partial charge in [-0.1, -0.05) is 23.7 Å². The fourth-order valence-electron chi connectivity index (χ4n) is 1.60. The highest BCUT2D eigenvalue weighted by Gasteiger charge is 2.31. The molecule has 0 spiro atoms. The standard InChI is InChI=1S/C11H11ClO3/c1-2-14-11(13)9-6-7-4-3-5-8(12)10(7)15-9/h3-5,9H,2,6H2,1H3/t9-/m0/s1. The summed E-state index contributed by atoms with van der Waals surface area (Å²) in [5.41, 5.74) is 0.959. The maximum atomic E-state index is 11.4. The Morgan fingerprint density at radius 2 is 2.47 bits per heavy atom. The maximum Gasteiger partial charge on any atom is 0.347 e. The van der Waals surface area contributed by atoms with E-state index < -0.39 is 6.10 Å². The molecule has 0 aromatic heterocycles. The van der Waals surface area contributed by atoms with E-state index in [2.05, 4.69) is 0 Å². The van der Waals surface area contributed by atoms with E-state index in [1.807, 2.05) is 12.1 Å². The first-order valence-electron chi connectivity index (χ1n) is 4.83. The molecule has 1 aliphatic rings. The Balaban J connectivity index is 2.15. The van der Waals surface area contributed by atoms with Gasteiger partial charge in [0.15, 0.2) is 6.10 Å². The van der Waals surface area contributed by atoms with Crippen LogP contribution in [-0.4, -0.2) is 18.7 Å². The van der Waals surface area contributed by atoms with Gasteiger partial charge in [-0.2, -0.15) is 0 Å². The van der Waals surface area contributed by atoms with Gasteiger partial charge in [-0.25, -0.2) is 4.79 Å². The van der Waals surface area contributed by atoms with Crippen LogP contribution in [0.5, 0.6) is 5.75 Å². The van der Waals surface area contributed by atoms with Gasteiger partial charge < -0.3 is 9.47 Å². The second-order valence-electron chi connectivity index (χ2n) is 3.29. The van der Waals surface area contributed by atoms with Gasteiger partial charge in [-0.05, 0) is 13.0 Å². The lowest BCUT2D eigenvalue weighted by Gasteiger charge is -2.09. The summed E-state index contributed by atoms with van der Waals surface area (Å²) in [6, 6.07) is 5.49. The van der Waals surface area contributed by atoms with Crippen molar-refractivity contribution in [2.24, 2.45) is 0 Å². The number of hydrogen-bond acceptors (Lipinski definition) is 3. The van der Waals surface area contributed by atoms with Gasteiger partial charge in [0.2, 0.25) is 0 Å². The number of halogens is 1. The summed E-state index contributed by atoms with van der Waals surface area (Å²) in [6.07, 6.45) is -0.00537. The fourth-order valence-corrected chi connectivity index (χ4v) is 1.84. The van der Waals surface area contributed by atoms with Crippen LogP contribution in [0, 0.1) is 0 Å². The number of benzene rings is 1. The summed E-state index contributed by atoms with van der Waals surface area (Å²) in [5.74, 6) is 0.280. The number of rotatable bonds is 2. The lowest BCUT2D eigenvalue weighted by molar-refractivity contribution is -0.150. The predicted molar refractivity (Wildman–Crippen MR) is 56.2 cm³/mol. The van der Waals surface area contributed by atoms with Crippen LogP contribution in [0.3, 0.4) is 0 Å². The molecule has 0 bridgehead atoms. The van der Waals surface area contributed by atoms with Crippen molar-refractivity contribution >= 4 is 17.6 Å². The van der Waals surface area contributed by atoms with Crippen molar-refractivity contribution in [1.29, 1.82) is 0 Å².